The Bertz CT molecular complexity index is 616. The van der Waals surface area contributed by atoms with Crippen molar-refractivity contribution in [2.75, 3.05) is 19.4 Å². The maximum Gasteiger partial charge on any atom is 0.242 e. The lowest BCUT2D eigenvalue weighted by Gasteiger charge is -2.17. The van der Waals surface area contributed by atoms with Crippen molar-refractivity contribution in [1.29, 1.82) is 0 Å². The summed E-state index contributed by atoms with van der Waals surface area (Å²) in [6, 6.07) is 6.95. The standard InChI is InChI=1S/C16H27N3O2S2/c1-5-6-7-9-13(2)17-16(22)18-14-10-8-11-15(12-14)23(20,21)19(3)4/h8,10-13H,5-7,9H2,1-4H3,(H2,17,18,22)/t13-/m1/s1. The minimum Gasteiger partial charge on any atom is -0.360 e. The van der Waals surface area contributed by atoms with Gasteiger partial charge in [0.2, 0.25) is 10.0 Å². The van der Waals surface area contributed by atoms with Crippen LogP contribution in [0.1, 0.15) is 39.5 Å². The average molecular weight is 358 g/mol. The van der Waals surface area contributed by atoms with Gasteiger partial charge in [0.15, 0.2) is 5.11 Å². The maximum atomic E-state index is 12.1. The highest BCUT2D eigenvalue weighted by molar-refractivity contribution is 7.89. The Hall–Kier alpha value is -1.18. The molecular formula is C16H27N3O2S2. The van der Waals surface area contributed by atoms with E-state index in [-0.39, 0.29) is 10.9 Å². The van der Waals surface area contributed by atoms with Crippen LogP contribution in [0.4, 0.5) is 5.69 Å². The molecule has 5 nitrogen and oxygen atoms in total. The summed E-state index contributed by atoms with van der Waals surface area (Å²) in [5, 5.41) is 6.79. The first-order valence-electron chi connectivity index (χ1n) is 7.87. The van der Waals surface area contributed by atoms with E-state index >= 15 is 0 Å². The summed E-state index contributed by atoms with van der Waals surface area (Å²) >= 11 is 5.30. The lowest BCUT2D eigenvalue weighted by molar-refractivity contribution is 0.521. The van der Waals surface area contributed by atoms with E-state index < -0.39 is 10.0 Å². The number of rotatable bonds is 8. The molecule has 1 rings (SSSR count). The highest BCUT2D eigenvalue weighted by Crippen LogP contribution is 2.18. The molecule has 0 unspecified atom stereocenters. The highest BCUT2D eigenvalue weighted by Gasteiger charge is 2.17. The topological polar surface area (TPSA) is 61.4 Å². The molecule has 0 bridgehead atoms. The predicted octanol–water partition coefficient (Wildman–Crippen LogP) is 3.19. The summed E-state index contributed by atoms with van der Waals surface area (Å²) in [6.45, 7) is 4.27. The number of anilines is 1. The molecule has 0 aliphatic rings. The van der Waals surface area contributed by atoms with Gasteiger partial charge < -0.3 is 10.6 Å². The number of thiocarbonyl (C=S) groups is 1. The van der Waals surface area contributed by atoms with Gasteiger partial charge in [-0.15, -0.1) is 0 Å². The van der Waals surface area contributed by atoms with Crippen molar-refractivity contribution in [2.24, 2.45) is 0 Å². The van der Waals surface area contributed by atoms with Crippen LogP contribution in [0.2, 0.25) is 0 Å². The first-order valence-corrected chi connectivity index (χ1v) is 9.72. The molecule has 0 heterocycles. The van der Waals surface area contributed by atoms with Gasteiger partial charge in [0.1, 0.15) is 0 Å². The van der Waals surface area contributed by atoms with Crippen molar-refractivity contribution >= 4 is 33.0 Å². The number of benzene rings is 1. The third kappa shape index (κ3) is 6.45. The van der Waals surface area contributed by atoms with Crippen LogP contribution < -0.4 is 10.6 Å². The fourth-order valence-corrected chi connectivity index (χ4v) is 3.38. The summed E-state index contributed by atoms with van der Waals surface area (Å²) < 4.78 is 25.5. The average Bonchev–Trinajstić information content (AvgIpc) is 2.47. The van der Waals surface area contributed by atoms with Crippen molar-refractivity contribution in [3.05, 3.63) is 24.3 Å². The fourth-order valence-electron chi connectivity index (χ4n) is 2.11. The van der Waals surface area contributed by atoms with Gasteiger partial charge in [-0.25, -0.2) is 12.7 Å². The Morgan fingerprint density at radius 2 is 2.00 bits per heavy atom. The van der Waals surface area contributed by atoms with E-state index in [1.54, 1.807) is 24.3 Å². The van der Waals surface area contributed by atoms with Gasteiger partial charge in [0, 0.05) is 25.8 Å². The molecule has 0 aromatic heterocycles. The van der Waals surface area contributed by atoms with E-state index in [0.29, 0.717) is 10.8 Å². The number of hydrogen-bond acceptors (Lipinski definition) is 3. The van der Waals surface area contributed by atoms with Gasteiger partial charge >= 0.3 is 0 Å². The second-order valence-corrected chi connectivity index (χ2v) is 8.37. The van der Waals surface area contributed by atoms with Crippen LogP contribution in [0.15, 0.2) is 29.2 Å². The summed E-state index contributed by atoms with van der Waals surface area (Å²) in [5.74, 6) is 0. The fraction of sp³-hybridized carbons (Fsp3) is 0.562. The Kier molecular flexibility index (Phi) is 7.94. The van der Waals surface area contributed by atoms with Crippen molar-refractivity contribution in [2.45, 2.75) is 50.5 Å². The Morgan fingerprint density at radius 3 is 2.61 bits per heavy atom. The molecule has 0 aliphatic heterocycles. The minimum atomic E-state index is -3.44. The van der Waals surface area contributed by atoms with E-state index in [1.165, 1.54) is 37.7 Å². The van der Waals surface area contributed by atoms with Crippen LogP contribution >= 0.6 is 12.2 Å². The van der Waals surface area contributed by atoms with Crippen molar-refractivity contribution in [1.82, 2.24) is 9.62 Å². The molecule has 1 aromatic rings. The molecule has 0 saturated carbocycles. The zero-order valence-electron chi connectivity index (χ0n) is 14.3. The van der Waals surface area contributed by atoms with Gasteiger partial charge in [-0.3, -0.25) is 0 Å². The zero-order valence-corrected chi connectivity index (χ0v) is 15.9. The molecule has 1 atom stereocenters. The van der Waals surface area contributed by atoms with E-state index in [4.69, 9.17) is 12.2 Å². The molecule has 0 saturated heterocycles. The number of unbranched alkanes of at least 4 members (excludes halogenated alkanes) is 2. The number of hydrogen-bond donors (Lipinski definition) is 2. The molecule has 1 aromatic carbocycles. The van der Waals surface area contributed by atoms with E-state index in [0.717, 1.165) is 6.42 Å². The third-order valence-electron chi connectivity index (χ3n) is 3.49. The summed E-state index contributed by atoms with van der Waals surface area (Å²) in [5.41, 5.74) is 0.659. The van der Waals surface area contributed by atoms with E-state index in [9.17, 15) is 8.42 Å². The monoisotopic (exact) mass is 357 g/mol. The van der Waals surface area contributed by atoms with Crippen LogP contribution in [-0.2, 0) is 10.0 Å². The Balaban J connectivity index is 2.66. The number of sulfonamides is 1. The van der Waals surface area contributed by atoms with Gasteiger partial charge in [0.05, 0.1) is 4.90 Å². The SMILES string of the molecule is CCCCC[C@@H](C)NC(=S)Nc1cccc(S(=O)(=O)N(C)C)c1. The third-order valence-corrected chi connectivity index (χ3v) is 5.52. The first kappa shape index (κ1) is 19.9. The summed E-state index contributed by atoms with van der Waals surface area (Å²) in [4.78, 5) is 0.242. The van der Waals surface area contributed by atoms with Crippen molar-refractivity contribution in [3.8, 4) is 0 Å². The smallest absolute Gasteiger partial charge is 0.242 e. The minimum absolute atomic E-state index is 0.242. The molecule has 23 heavy (non-hydrogen) atoms. The van der Waals surface area contributed by atoms with Crippen LogP contribution in [0, 0.1) is 0 Å². The molecule has 0 amide bonds. The normalized spacial score (nSPS) is 12.9. The van der Waals surface area contributed by atoms with Gasteiger partial charge in [-0.1, -0.05) is 32.3 Å². The number of nitrogens with one attached hydrogen (secondary N) is 2. The molecular weight excluding hydrogens is 330 g/mol. The molecule has 7 heteroatoms. The van der Waals surface area contributed by atoms with Crippen LogP contribution in [0.25, 0.3) is 0 Å². The lowest BCUT2D eigenvalue weighted by Crippen LogP contribution is -2.35. The Morgan fingerprint density at radius 1 is 1.30 bits per heavy atom. The summed E-state index contributed by atoms with van der Waals surface area (Å²) in [6.07, 6.45) is 4.65. The summed E-state index contributed by atoms with van der Waals surface area (Å²) in [7, 11) is -0.417. The van der Waals surface area contributed by atoms with Crippen molar-refractivity contribution in [3.63, 3.8) is 0 Å². The van der Waals surface area contributed by atoms with Crippen molar-refractivity contribution < 1.29 is 8.42 Å². The van der Waals surface area contributed by atoms with E-state index in [1.807, 2.05) is 0 Å². The van der Waals surface area contributed by atoms with Gasteiger partial charge in [0.25, 0.3) is 0 Å². The Labute approximate surface area is 145 Å². The molecule has 0 spiro atoms. The van der Waals surface area contributed by atoms with Crippen LogP contribution in [0.5, 0.6) is 0 Å². The van der Waals surface area contributed by atoms with E-state index in [2.05, 4.69) is 24.5 Å². The predicted molar refractivity (Wildman–Crippen MR) is 100 cm³/mol. The molecule has 0 radical (unpaired) electrons. The second-order valence-electron chi connectivity index (χ2n) is 5.81. The van der Waals surface area contributed by atoms with Gasteiger partial charge in [-0.05, 0) is 43.8 Å². The van der Waals surface area contributed by atoms with Crippen LogP contribution in [0.3, 0.4) is 0 Å². The zero-order chi connectivity index (χ0) is 17.5. The quantitative estimate of drug-likeness (QED) is 0.553. The first-order chi connectivity index (χ1) is 10.8. The number of nitrogens with zero attached hydrogens (tertiary/aromatic N) is 1. The van der Waals surface area contributed by atoms with Crippen LogP contribution in [-0.4, -0.2) is 38.0 Å². The highest BCUT2D eigenvalue weighted by atomic mass is 32.2. The largest absolute Gasteiger partial charge is 0.360 e. The molecule has 0 fully saturated rings. The maximum absolute atomic E-state index is 12.1. The van der Waals surface area contributed by atoms with Gasteiger partial charge in [-0.2, -0.15) is 0 Å². The molecule has 130 valence electrons. The molecule has 2 N–H and O–H groups in total. The lowest BCUT2D eigenvalue weighted by atomic mass is 10.1. The second kappa shape index (κ2) is 9.20. The molecule has 0 aliphatic carbocycles.